The number of aryl methyl sites for hydroxylation is 1. The van der Waals surface area contributed by atoms with E-state index in [0.29, 0.717) is 16.4 Å². The van der Waals surface area contributed by atoms with E-state index in [4.69, 9.17) is 17.3 Å². The van der Waals surface area contributed by atoms with Crippen molar-refractivity contribution in [1.29, 1.82) is 0 Å². The van der Waals surface area contributed by atoms with E-state index in [2.05, 4.69) is 10.1 Å². The predicted molar refractivity (Wildman–Crippen MR) is 89.2 cm³/mol. The van der Waals surface area contributed by atoms with Crippen molar-refractivity contribution in [3.05, 3.63) is 70.1 Å². The van der Waals surface area contributed by atoms with E-state index >= 15 is 0 Å². The number of halogens is 3. The predicted octanol–water partition coefficient (Wildman–Crippen LogP) is 3.33. The summed E-state index contributed by atoms with van der Waals surface area (Å²) < 4.78 is 29.2. The summed E-state index contributed by atoms with van der Waals surface area (Å²) >= 11 is 5.86. The molecule has 0 unspecified atom stereocenters. The molecule has 0 aliphatic heterocycles. The SMILES string of the molecule is Cc1cc(Cl)ncc1-c1cc(C(N)=O)nn1Cc1c(F)cccc1F. The second-order valence-corrected chi connectivity index (χ2v) is 5.85. The summed E-state index contributed by atoms with van der Waals surface area (Å²) in [6.07, 6.45) is 1.51. The molecule has 2 aromatic heterocycles. The molecule has 3 aromatic rings. The van der Waals surface area contributed by atoms with Gasteiger partial charge in [0.2, 0.25) is 0 Å². The number of nitrogens with two attached hydrogens (primary N) is 1. The van der Waals surface area contributed by atoms with Crippen LogP contribution in [0.3, 0.4) is 0 Å². The van der Waals surface area contributed by atoms with Crippen molar-refractivity contribution in [2.75, 3.05) is 0 Å². The molecule has 2 N–H and O–H groups in total. The minimum atomic E-state index is -0.742. The summed E-state index contributed by atoms with van der Waals surface area (Å²) in [5, 5.41) is 4.38. The first-order chi connectivity index (χ1) is 11.9. The van der Waals surface area contributed by atoms with Crippen molar-refractivity contribution < 1.29 is 13.6 Å². The maximum atomic E-state index is 14.0. The van der Waals surface area contributed by atoms with Crippen LogP contribution in [0.4, 0.5) is 8.78 Å². The van der Waals surface area contributed by atoms with E-state index in [9.17, 15) is 13.6 Å². The van der Waals surface area contributed by atoms with Gasteiger partial charge in [-0.15, -0.1) is 0 Å². The summed E-state index contributed by atoms with van der Waals surface area (Å²) in [7, 11) is 0. The van der Waals surface area contributed by atoms with Crippen LogP contribution >= 0.6 is 11.6 Å². The lowest BCUT2D eigenvalue weighted by atomic mass is 10.1. The number of aromatic nitrogens is 3. The zero-order chi connectivity index (χ0) is 18.1. The van der Waals surface area contributed by atoms with Gasteiger partial charge in [0.25, 0.3) is 5.91 Å². The Bertz CT molecular complexity index is 951. The summed E-state index contributed by atoms with van der Waals surface area (Å²) in [6.45, 7) is 1.59. The normalized spacial score (nSPS) is 10.9. The van der Waals surface area contributed by atoms with Crippen LogP contribution in [0.5, 0.6) is 0 Å². The van der Waals surface area contributed by atoms with E-state index in [1.807, 2.05) is 0 Å². The largest absolute Gasteiger partial charge is 0.364 e. The molecule has 0 saturated carbocycles. The number of amides is 1. The van der Waals surface area contributed by atoms with E-state index in [-0.39, 0.29) is 17.8 Å². The van der Waals surface area contributed by atoms with Crippen molar-refractivity contribution in [2.24, 2.45) is 5.73 Å². The number of carbonyl (C=O) groups excluding carboxylic acids is 1. The fourth-order valence-electron chi connectivity index (χ4n) is 2.50. The second-order valence-electron chi connectivity index (χ2n) is 5.46. The first-order valence-corrected chi connectivity index (χ1v) is 7.67. The first-order valence-electron chi connectivity index (χ1n) is 7.30. The topological polar surface area (TPSA) is 73.8 Å². The third-order valence-electron chi connectivity index (χ3n) is 3.76. The summed E-state index contributed by atoms with van der Waals surface area (Å²) in [6, 6.07) is 6.69. The van der Waals surface area contributed by atoms with E-state index < -0.39 is 17.5 Å². The Hall–Kier alpha value is -2.80. The van der Waals surface area contributed by atoms with Crippen molar-refractivity contribution in [2.45, 2.75) is 13.5 Å². The number of carbonyl (C=O) groups is 1. The fraction of sp³-hybridized carbons (Fsp3) is 0.118. The monoisotopic (exact) mass is 362 g/mol. The van der Waals surface area contributed by atoms with Crippen molar-refractivity contribution in [3.63, 3.8) is 0 Å². The van der Waals surface area contributed by atoms with Crippen LogP contribution in [0.25, 0.3) is 11.3 Å². The van der Waals surface area contributed by atoms with E-state index in [1.54, 1.807) is 13.0 Å². The van der Waals surface area contributed by atoms with Crippen LogP contribution in [0, 0.1) is 18.6 Å². The number of hydrogen-bond acceptors (Lipinski definition) is 3. The average molecular weight is 363 g/mol. The van der Waals surface area contributed by atoms with Crippen LogP contribution in [0.1, 0.15) is 21.6 Å². The molecule has 128 valence electrons. The summed E-state index contributed by atoms with van der Waals surface area (Å²) in [5.41, 5.74) is 6.96. The Kier molecular flexibility index (Phi) is 4.50. The molecule has 8 heteroatoms. The van der Waals surface area contributed by atoms with Crippen LogP contribution in [0.2, 0.25) is 5.15 Å². The molecule has 1 aromatic carbocycles. The Morgan fingerprint density at radius 2 is 1.96 bits per heavy atom. The van der Waals surface area contributed by atoms with Crippen LogP contribution in [-0.2, 0) is 6.54 Å². The molecular formula is C17H13ClF2N4O. The number of hydrogen-bond donors (Lipinski definition) is 1. The highest BCUT2D eigenvalue weighted by atomic mass is 35.5. The standard InChI is InChI=1S/C17H13ClF2N4O/c1-9-5-16(18)22-7-10(9)15-6-14(17(21)25)23-24(15)8-11-12(19)3-2-4-13(11)20/h2-7H,8H2,1H3,(H2,21,25). The molecule has 0 spiro atoms. The fourth-order valence-corrected chi connectivity index (χ4v) is 2.71. The van der Waals surface area contributed by atoms with Gasteiger partial charge in [-0.05, 0) is 36.8 Å². The second kappa shape index (κ2) is 6.60. The minimum absolute atomic E-state index is 0.0129. The lowest BCUT2D eigenvalue weighted by Crippen LogP contribution is -2.13. The van der Waals surface area contributed by atoms with Gasteiger partial charge in [0, 0.05) is 17.3 Å². The van der Waals surface area contributed by atoms with Gasteiger partial charge in [-0.1, -0.05) is 17.7 Å². The van der Waals surface area contributed by atoms with Gasteiger partial charge in [-0.25, -0.2) is 13.8 Å². The zero-order valence-electron chi connectivity index (χ0n) is 13.1. The molecule has 25 heavy (non-hydrogen) atoms. The molecule has 2 heterocycles. The van der Waals surface area contributed by atoms with Gasteiger partial charge in [-0.3, -0.25) is 9.48 Å². The Labute approximate surface area is 147 Å². The molecule has 0 saturated heterocycles. The molecule has 1 amide bonds. The van der Waals surface area contributed by atoms with Gasteiger partial charge < -0.3 is 5.73 Å². The maximum absolute atomic E-state index is 14.0. The first kappa shape index (κ1) is 17.0. The number of pyridine rings is 1. The number of rotatable bonds is 4. The zero-order valence-corrected chi connectivity index (χ0v) is 13.9. The van der Waals surface area contributed by atoms with Gasteiger partial charge in [0.15, 0.2) is 5.69 Å². The van der Waals surface area contributed by atoms with Crippen LogP contribution in [0.15, 0.2) is 36.5 Å². The molecular weight excluding hydrogens is 350 g/mol. The number of benzene rings is 1. The maximum Gasteiger partial charge on any atom is 0.269 e. The van der Waals surface area contributed by atoms with Gasteiger partial charge in [0.05, 0.1) is 12.2 Å². The van der Waals surface area contributed by atoms with Gasteiger partial charge in [0.1, 0.15) is 16.8 Å². The van der Waals surface area contributed by atoms with Crippen molar-refractivity contribution >= 4 is 17.5 Å². The molecule has 0 aliphatic carbocycles. The highest BCUT2D eigenvalue weighted by Crippen LogP contribution is 2.26. The molecule has 0 atom stereocenters. The smallest absolute Gasteiger partial charge is 0.269 e. The molecule has 0 bridgehead atoms. The lowest BCUT2D eigenvalue weighted by Gasteiger charge is -2.11. The summed E-state index contributed by atoms with van der Waals surface area (Å²) in [4.78, 5) is 15.5. The van der Waals surface area contributed by atoms with Crippen molar-refractivity contribution in [3.8, 4) is 11.3 Å². The van der Waals surface area contributed by atoms with Gasteiger partial charge >= 0.3 is 0 Å². The lowest BCUT2D eigenvalue weighted by molar-refractivity contribution is 0.0995. The van der Waals surface area contributed by atoms with E-state index in [1.165, 1.54) is 23.0 Å². The Morgan fingerprint density at radius 1 is 1.28 bits per heavy atom. The Balaban J connectivity index is 2.14. The van der Waals surface area contributed by atoms with Crippen LogP contribution in [-0.4, -0.2) is 20.7 Å². The molecule has 3 rings (SSSR count). The third-order valence-corrected chi connectivity index (χ3v) is 3.96. The number of nitrogens with zero attached hydrogens (tertiary/aromatic N) is 3. The van der Waals surface area contributed by atoms with E-state index in [0.717, 1.165) is 17.7 Å². The third kappa shape index (κ3) is 3.36. The number of primary amides is 1. The highest BCUT2D eigenvalue weighted by Gasteiger charge is 2.18. The molecule has 5 nitrogen and oxygen atoms in total. The van der Waals surface area contributed by atoms with Crippen molar-refractivity contribution in [1.82, 2.24) is 14.8 Å². The summed E-state index contributed by atoms with van der Waals surface area (Å²) in [5.74, 6) is -2.14. The molecule has 0 radical (unpaired) electrons. The van der Waals surface area contributed by atoms with Crippen LogP contribution < -0.4 is 5.73 Å². The average Bonchev–Trinajstić information content (AvgIpc) is 2.95. The Morgan fingerprint density at radius 3 is 2.56 bits per heavy atom. The molecule has 0 fully saturated rings. The minimum Gasteiger partial charge on any atom is -0.364 e. The highest BCUT2D eigenvalue weighted by molar-refractivity contribution is 6.29. The molecule has 0 aliphatic rings. The quantitative estimate of drug-likeness (QED) is 0.723. The van der Waals surface area contributed by atoms with Gasteiger partial charge in [-0.2, -0.15) is 5.10 Å².